The number of ether oxygens (including phenoxy) is 2. The molecule has 1 unspecified atom stereocenters. The summed E-state index contributed by atoms with van der Waals surface area (Å²) in [6.45, 7) is 5.09. The van der Waals surface area contributed by atoms with Gasteiger partial charge < -0.3 is 18.9 Å². The molecule has 0 saturated carbocycles. The smallest absolute Gasteiger partial charge is 0.229 e. The van der Waals surface area contributed by atoms with Gasteiger partial charge in [-0.1, -0.05) is 12.1 Å². The van der Waals surface area contributed by atoms with Gasteiger partial charge in [0.1, 0.15) is 12.4 Å². The maximum atomic E-state index is 13.0. The van der Waals surface area contributed by atoms with Crippen molar-refractivity contribution < 1.29 is 14.3 Å². The summed E-state index contributed by atoms with van der Waals surface area (Å²) in [6.07, 6.45) is 6.58. The predicted octanol–water partition coefficient (Wildman–Crippen LogP) is 2.87. The number of piperidine rings is 1. The van der Waals surface area contributed by atoms with Crippen LogP contribution in [0.2, 0.25) is 0 Å². The minimum atomic E-state index is -0.112. The van der Waals surface area contributed by atoms with Crippen molar-refractivity contribution in [2.45, 2.75) is 38.6 Å². The second-order valence-electron chi connectivity index (χ2n) is 7.33. The average molecular weight is 369 g/mol. The zero-order chi connectivity index (χ0) is 18.8. The first kappa shape index (κ1) is 17.9. The number of nitrogens with zero attached hydrogens (tertiary/aromatic N) is 3. The van der Waals surface area contributed by atoms with Gasteiger partial charge in [0.2, 0.25) is 5.91 Å². The number of benzene rings is 1. The number of aromatic nitrogens is 2. The molecular weight excluding hydrogens is 342 g/mol. The molecule has 0 bridgehead atoms. The molecule has 27 heavy (non-hydrogen) atoms. The Balaban J connectivity index is 1.38. The standard InChI is InChI=1S/C21H27N3O3/c1-3-23-12-9-22-20(23)15-7-10-24(11-8-15)21(25)17-13-16-5-4-6-18(26-2)19(16)27-14-17/h4-6,9,12,15,17H,3,7-8,10-11,13-14H2,1-2H3. The molecule has 1 amide bonds. The van der Waals surface area contributed by atoms with Crippen molar-refractivity contribution in [1.82, 2.24) is 14.5 Å². The molecule has 6 nitrogen and oxygen atoms in total. The lowest BCUT2D eigenvalue weighted by molar-refractivity contribution is -0.138. The van der Waals surface area contributed by atoms with Gasteiger partial charge in [-0.25, -0.2) is 4.98 Å². The summed E-state index contributed by atoms with van der Waals surface area (Å²) < 4.78 is 13.5. The van der Waals surface area contributed by atoms with Crippen LogP contribution in [-0.2, 0) is 17.8 Å². The van der Waals surface area contributed by atoms with Crippen LogP contribution >= 0.6 is 0 Å². The molecule has 4 rings (SSSR count). The molecule has 1 saturated heterocycles. The first-order valence-electron chi connectivity index (χ1n) is 9.79. The molecule has 3 heterocycles. The maximum absolute atomic E-state index is 13.0. The third kappa shape index (κ3) is 3.40. The normalized spacial score (nSPS) is 20.1. The van der Waals surface area contributed by atoms with Gasteiger partial charge in [0.05, 0.1) is 13.0 Å². The van der Waals surface area contributed by atoms with Gasteiger partial charge in [-0.3, -0.25) is 4.79 Å². The zero-order valence-electron chi connectivity index (χ0n) is 16.1. The number of imidazole rings is 1. The average Bonchev–Trinajstić information content (AvgIpc) is 3.21. The van der Waals surface area contributed by atoms with E-state index in [0.717, 1.165) is 55.4 Å². The van der Waals surface area contributed by atoms with Crippen LogP contribution in [0.1, 0.15) is 37.1 Å². The highest BCUT2D eigenvalue weighted by molar-refractivity contribution is 5.80. The van der Waals surface area contributed by atoms with Crippen LogP contribution < -0.4 is 9.47 Å². The van der Waals surface area contributed by atoms with Gasteiger partial charge in [0, 0.05) is 37.9 Å². The molecule has 144 valence electrons. The van der Waals surface area contributed by atoms with E-state index in [9.17, 15) is 4.79 Å². The maximum Gasteiger partial charge on any atom is 0.229 e. The van der Waals surface area contributed by atoms with E-state index in [0.29, 0.717) is 18.9 Å². The molecule has 1 aromatic heterocycles. The van der Waals surface area contributed by atoms with Crippen LogP contribution in [0, 0.1) is 5.92 Å². The van der Waals surface area contributed by atoms with E-state index in [1.54, 1.807) is 7.11 Å². The lowest BCUT2D eigenvalue weighted by Gasteiger charge is -2.35. The van der Waals surface area contributed by atoms with Crippen molar-refractivity contribution in [3.8, 4) is 11.5 Å². The van der Waals surface area contributed by atoms with E-state index < -0.39 is 0 Å². The Morgan fingerprint density at radius 1 is 1.33 bits per heavy atom. The number of para-hydroxylation sites is 1. The number of amides is 1. The SMILES string of the molecule is CCn1ccnc1C1CCN(C(=O)C2COc3c(cccc3OC)C2)CC1. The van der Waals surface area contributed by atoms with Gasteiger partial charge in [-0.15, -0.1) is 0 Å². The first-order chi connectivity index (χ1) is 13.2. The van der Waals surface area contributed by atoms with Crippen molar-refractivity contribution in [3.63, 3.8) is 0 Å². The topological polar surface area (TPSA) is 56.6 Å². The molecule has 1 atom stereocenters. The summed E-state index contributed by atoms with van der Waals surface area (Å²) in [6, 6.07) is 5.87. The molecule has 0 spiro atoms. The van der Waals surface area contributed by atoms with Crippen LogP contribution in [0.25, 0.3) is 0 Å². The molecule has 2 aliphatic rings. The Labute approximate surface area is 160 Å². The fraction of sp³-hybridized carbons (Fsp3) is 0.524. The zero-order valence-corrected chi connectivity index (χ0v) is 16.1. The highest BCUT2D eigenvalue weighted by Crippen LogP contribution is 2.37. The van der Waals surface area contributed by atoms with Crippen molar-refractivity contribution in [2.75, 3.05) is 26.8 Å². The fourth-order valence-electron chi connectivity index (χ4n) is 4.28. The summed E-state index contributed by atoms with van der Waals surface area (Å²) in [7, 11) is 1.64. The first-order valence-corrected chi connectivity index (χ1v) is 9.79. The monoisotopic (exact) mass is 369 g/mol. The Kier molecular flexibility index (Phi) is 5.05. The Bertz CT molecular complexity index is 809. The lowest BCUT2D eigenvalue weighted by atomic mass is 9.92. The minimum absolute atomic E-state index is 0.112. The molecular formula is C21H27N3O3. The van der Waals surface area contributed by atoms with Gasteiger partial charge in [0.15, 0.2) is 11.5 Å². The van der Waals surface area contributed by atoms with E-state index >= 15 is 0 Å². The summed E-state index contributed by atoms with van der Waals surface area (Å²) >= 11 is 0. The van der Waals surface area contributed by atoms with Gasteiger partial charge in [0.25, 0.3) is 0 Å². The number of aryl methyl sites for hydroxylation is 1. The molecule has 0 N–H and O–H groups in total. The van der Waals surface area contributed by atoms with E-state index in [-0.39, 0.29) is 11.8 Å². The highest BCUT2D eigenvalue weighted by atomic mass is 16.5. The van der Waals surface area contributed by atoms with Crippen molar-refractivity contribution in [3.05, 3.63) is 42.0 Å². The van der Waals surface area contributed by atoms with Crippen LogP contribution in [0.3, 0.4) is 0 Å². The molecule has 1 fully saturated rings. The Morgan fingerprint density at radius 2 is 2.15 bits per heavy atom. The molecule has 0 radical (unpaired) electrons. The highest BCUT2D eigenvalue weighted by Gasteiger charge is 2.33. The predicted molar refractivity (Wildman–Crippen MR) is 102 cm³/mol. The third-order valence-electron chi connectivity index (χ3n) is 5.78. The Hall–Kier alpha value is -2.50. The largest absolute Gasteiger partial charge is 0.493 e. The number of carbonyl (C=O) groups excluding carboxylic acids is 1. The van der Waals surface area contributed by atoms with Crippen molar-refractivity contribution >= 4 is 5.91 Å². The number of fused-ring (bicyclic) bond motifs is 1. The number of methoxy groups -OCH3 is 1. The van der Waals surface area contributed by atoms with Crippen LogP contribution in [0.5, 0.6) is 11.5 Å². The van der Waals surface area contributed by atoms with Gasteiger partial charge in [-0.2, -0.15) is 0 Å². The lowest BCUT2D eigenvalue weighted by Crippen LogP contribution is -2.44. The number of hydrogen-bond acceptors (Lipinski definition) is 4. The second-order valence-corrected chi connectivity index (χ2v) is 7.33. The van der Waals surface area contributed by atoms with Crippen LogP contribution in [0.4, 0.5) is 0 Å². The van der Waals surface area contributed by atoms with Crippen molar-refractivity contribution in [1.29, 1.82) is 0 Å². The molecule has 0 aliphatic carbocycles. The Morgan fingerprint density at radius 3 is 2.89 bits per heavy atom. The van der Waals surface area contributed by atoms with E-state index in [4.69, 9.17) is 9.47 Å². The second kappa shape index (κ2) is 7.62. The number of rotatable bonds is 4. The van der Waals surface area contributed by atoms with Crippen LogP contribution in [0.15, 0.2) is 30.6 Å². The summed E-state index contributed by atoms with van der Waals surface area (Å²) in [5.74, 6) is 3.22. The van der Waals surface area contributed by atoms with Gasteiger partial charge in [-0.05, 0) is 37.8 Å². The number of likely N-dealkylation sites (tertiary alicyclic amines) is 1. The molecule has 6 heteroatoms. The molecule has 2 aromatic rings. The molecule has 2 aliphatic heterocycles. The summed E-state index contributed by atoms with van der Waals surface area (Å²) in [5, 5.41) is 0. The summed E-state index contributed by atoms with van der Waals surface area (Å²) in [5.41, 5.74) is 1.05. The van der Waals surface area contributed by atoms with Crippen molar-refractivity contribution in [2.24, 2.45) is 5.92 Å². The quantitative estimate of drug-likeness (QED) is 0.832. The van der Waals surface area contributed by atoms with E-state index in [2.05, 4.69) is 16.5 Å². The van der Waals surface area contributed by atoms with Gasteiger partial charge >= 0.3 is 0 Å². The van der Waals surface area contributed by atoms with Crippen LogP contribution in [-0.4, -0.2) is 47.2 Å². The summed E-state index contributed by atoms with van der Waals surface area (Å²) in [4.78, 5) is 19.6. The minimum Gasteiger partial charge on any atom is -0.493 e. The fourth-order valence-corrected chi connectivity index (χ4v) is 4.28. The number of carbonyl (C=O) groups is 1. The molecule has 1 aromatic carbocycles. The third-order valence-corrected chi connectivity index (χ3v) is 5.78. The van der Waals surface area contributed by atoms with E-state index in [1.807, 2.05) is 35.5 Å². The van der Waals surface area contributed by atoms with E-state index in [1.165, 1.54) is 0 Å². The number of hydrogen-bond donors (Lipinski definition) is 0.